The third kappa shape index (κ3) is 1.03. The normalized spacial score (nSPS) is 13.9. The van der Waals surface area contributed by atoms with Crippen LogP contribution >= 0.6 is 0 Å². The van der Waals surface area contributed by atoms with Gasteiger partial charge in [0, 0.05) is 5.56 Å². The monoisotopic (exact) mass is 145 g/mol. The zero-order valence-electron chi connectivity index (χ0n) is 6.21. The summed E-state index contributed by atoms with van der Waals surface area (Å²) < 4.78 is 5.40. The van der Waals surface area contributed by atoms with Gasteiger partial charge in [-0.2, -0.15) is 0 Å². The second-order valence-electron chi connectivity index (χ2n) is 2.55. The van der Waals surface area contributed by atoms with Crippen LogP contribution in [0, 0.1) is 6.92 Å². The molecule has 1 aromatic carbocycles. The quantitative estimate of drug-likeness (QED) is 0.544. The lowest BCUT2D eigenvalue weighted by Crippen LogP contribution is -2.01. The lowest BCUT2D eigenvalue weighted by molar-refractivity contribution is 0.357. The molecule has 0 N–H and O–H groups in total. The summed E-state index contributed by atoms with van der Waals surface area (Å²) in [6, 6.07) is 5.97. The summed E-state index contributed by atoms with van der Waals surface area (Å²) in [5.41, 5.74) is 2.09. The van der Waals surface area contributed by atoms with Crippen molar-refractivity contribution in [1.82, 2.24) is 0 Å². The molecule has 1 heterocycles. The van der Waals surface area contributed by atoms with Gasteiger partial charge in [-0.1, -0.05) is 24.3 Å². The number of ether oxygens (including phenoxy) is 1. The summed E-state index contributed by atoms with van der Waals surface area (Å²) in [6.45, 7) is 4.54. The molecule has 0 atom stereocenters. The highest BCUT2D eigenvalue weighted by atomic mass is 16.5. The predicted octanol–water partition coefficient (Wildman–Crippen LogP) is 2.27. The lowest BCUT2D eigenvalue weighted by Gasteiger charge is -2.13. The van der Waals surface area contributed by atoms with Gasteiger partial charge in [-0.25, -0.2) is 0 Å². The standard InChI is InChI=1S/C10H9O/c1-8-4-2-5-9-6-3-7-11-10(8)9/h2-6H,1,7H2. The van der Waals surface area contributed by atoms with Crippen molar-refractivity contribution in [3.8, 4) is 5.75 Å². The minimum Gasteiger partial charge on any atom is -0.489 e. The summed E-state index contributed by atoms with van der Waals surface area (Å²) in [5.74, 6) is 0.926. The fourth-order valence-corrected chi connectivity index (χ4v) is 1.22. The summed E-state index contributed by atoms with van der Waals surface area (Å²) in [6.07, 6.45) is 4.06. The Morgan fingerprint density at radius 3 is 3.09 bits per heavy atom. The molecule has 55 valence electrons. The molecule has 0 unspecified atom stereocenters. The Morgan fingerprint density at radius 1 is 1.36 bits per heavy atom. The molecular formula is C10H9O. The SMILES string of the molecule is [CH2]c1cccc2c1OCC=C2. The van der Waals surface area contributed by atoms with E-state index in [1.807, 2.05) is 24.3 Å². The first-order valence-corrected chi connectivity index (χ1v) is 3.62. The zero-order valence-corrected chi connectivity index (χ0v) is 6.21. The third-order valence-corrected chi connectivity index (χ3v) is 1.75. The Hall–Kier alpha value is -1.24. The first kappa shape index (κ1) is 6.47. The van der Waals surface area contributed by atoms with Crippen molar-refractivity contribution in [2.45, 2.75) is 0 Å². The van der Waals surface area contributed by atoms with Crippen LogP contribution in [0.1, 0.15) is 11.1 Å². The molecule has 0 saturated heterocycles. The Kier molecular flexibility index (Phi) is 1.42. The van der Waals surface area contributed by atoms with Gasteiger partial charge in [0.05, 0.1) is 0 Å². The third-order valence-electron chi connectivity index (χ3n) is 1.75. The molecular weight excluding hydrogens is 136 g/mol. The van der Waals surface area contributed by atoms with Crippen LogP contribution in [-0.2, 0) is 0 Å². The molecule has 0 aliphatic carbocycles. The average Bonchev–Trinajstić information content (AvgIpc) is 2.06. The highest BCUT2D eigenvalue weighted by Gasteiger charge is 2.06. The van der Waals surface area contributed by atoms with Gasteiger partial charge in [0.15, 0.2) is 0 Å². The zero-order chi connectivity index (χ0) is 7.68. The maximum atomic E-state index is 5.40. The number of fused-ring (bicyclic) bond motifs is 1. The van der Waals surface area contributed by atoms with Gasteiger partial charge < -0.3 is 4.74 Å². The second-order valence-corrected chi connectivity index (χ2v) is 2.55. The van der Waals surface area contributed by atoms with Crippen LogP contribution in [-0.4, -0.2) is 6.61 Å². The lowest BCUT2D eigenvalue weighted by atomic mass is 10.1. The van der Waals surface area contributed by atoms with E-state index < -0.39 is 0 Å². The van der Waals surface area contributed by atoms with E-state index in [2.05, 4.69) is 13.0 Å². The molecule has 2 rings (SSSR count). The molecule has 0 spiro atoms. The summed E-state index contributed by atoms with van der Waals surface area (Å²) >= 11 is 0. The van der Waals surface area contributed by atoms with Crippen LogP contribution in [0.25, 0.3) is 6.08 Å². The Bertz CT molecular complexity index is 300. The molecule has 1 heteroatoms. The Labute approximate surface area is 66.3 Å². The van der Waals surface area contributed by atoms with Crippen LogP contribution in [0.3, 0.4) is 0 Å². The fourth-order valence-electron chi connectivity index (χ4n) is 1.22. The molecule has 0 fully saturated rings. The molecule has 1 aliphatic heterocycles. The minimum absolute atomic E-state index is 0.666. The maximum Gasteiger partial charge on any atom is 0.130 e. The van der Waals surface area contributed by atoms with Crippen molar-refractivity contribution in [1.29, 1.82) is 0 Å². The van der Waals surface area contributed by atoms with E-state index in [0.29, 0.717) is 6.61 Å². The van der Waals surface area contributed by atoms with E-state index in [9.17, 15) is 0 Å². The number of hydrogen-bond acceptors (Lipinski definition) is 1. The van der Waals surface area contributed by atoms with Crippen molar-refractivity contribution in [2.24, 2.45) is 0 Å². The number of rotatable bonds is 0. The summed E-state index contributed by atoms with van der Waals surface area (Å²) in [7, 11) is 0. The molecule has 0 bridgehead atoms. The van der Waals surface area contributed by atoms with Gasteiger partial charge in [0.25, 0.3) is 0 Å². The second kappa shape index (κ2) is 2.42. The van der Waals surface area contributed by atoms with Gasteiger partial charge in [0.2, 0.25) is 0 Å². The number of para-hydroxylation sites is 1. The van der Waals surface area contributed by atoms with Gasteiger partial charge >= 0.3 is 0 Å². The topological polar surface area (TPSA) is 9.23 Å². The average molecular weight is 145 g/mol. The van der Waals surface area contributed by atoms with Gasteiger partial charge in [0.1, 0.15) is 12.4 Å². The molecule has 1 aromatic rings. The summed E-state index contributed by atoms with van der Waals surface area (Å²) in [5, 5.41) is 0. The molecule has 0 saturated carbocycles. The molecule has 1 aliphatic rings. The maximum absolute atomic E-state index is 5.40. The van der Waals surface area contributed by atoms with E-state index in [1.165, 1.54) is 0 Å². The van der Waals surface area contributed by atoms with Gasteiger partial charge in [-0.3, -0.25) is 0 Å². The van der Waals surface area contributed by atoms with E-state index >= 15 is 0 Å². The molecule has 11 heavy (non-hydrogen) atoms. The van der Waals surface area contributed by atoms with Crippen LogP contribution in [0.4, 0.5) is 0 Å². The molecule has 1 radical (unpaired) electrons. The van der Waals surface area contributed by atoms with Gasteiger partial charge in [-0.15, -0.1) is 0 Å². The van der Waals surface area contributed by atoms with Crippen LogP contribution in [0.15, 0.2) is 24.3 Å². The predicted molar refractivity (Wildman–Crippen MR) is 45.4 cm³/mol. The van der Waals surface area contributed by atoms with Crippen molar-refractivity contribution in [3.05, 3.63) is 42.3 Å². The molecule has 0 amide bonds. The number of hydrogen-bond donors (Lipinski definition) is 0. The first-order chi connectivity index (χ1) is 5.38. The highest BCUT2D eigenvalue weighted by molar-refractivity contribution is 5.62. The van der Waals surface area contributed by atoms with Crippen molar-refractivity contribution >= 4 is 6.08 Å². The molecule has 0 aromatic heterocycles. The van der Waals surface area contributed by atoms with Crippen LogP contribution in [0.2, 0.25) is 0 Å². The van der Waals surface area contributed by atoms with Crippen LogP contribution < -0.4 is 4.74 Å². The Morgan fingerprint density at radius 2 is 2.27 bits per heavy atom. The Balaban J connectivity index is 2.60. The van der Waals surface area contributed by atoms with Gasteiger partial charge in [-0.05, 0) is 18.6 Å². The summed E-state index contributed by atoms with van der Waals surface area (Å²) in [4.78, 5) is 0. The largest absolute Gasteiger partial charge is 0.489 e. The van der Waals surface area contributed by atoms with E-state index in [0.717, 1.165) is 16.9 Å². The van der Waals surface area contributed by atoms with E-state index in [4.69, 9.17) is 4.74 Å². The smallest absolute Gasteiger partial charge is 0.130 e. The minimum atomic E-state index is 0.666. The highest BCUT2D eigenvalue weighted by Crippen LogP contribution is 2.26. The number of benzene rings is 1. The van der Waals surface area contributed by atoms with Crippen molar-refractivity contribution < 1.29 is 4.74 Å². The first-order valence-electron chi connectivity index (χ1n) is 3.62. The van der Waals surface area contributed by atoms with E-state index in [1.54, 1.807) is 0 Å². The molecule has 1 nitrogen and oxygen atoms in total. The fraction of sp³-hybridized carbons (Fsp3) is 0.100. The van der Waals surface area contributed by atoms with Crippen molar-refractivity contribution in [3.63, 3.8) is 0 Å². The van der Waals surface area contributed by atoms with E-state index in [-0.39, 0.29) is 0 Å². The van der Waals surface area contributed by atoms with Crippen LogP contribution in [0.5, 0.6) is 5.75 Å². The van der Waals surface area contributed by atoms with Crippen molar-refractivity contribution in [2.75, 3.05) is 6.61 Å².